The van der Waals surface area contributed by atoms with Crippen molar-refractivity contribution in [2.24, 2.45) is 0 Å². The molecule has 3 saturated heterocycles. The van der Waals surface area contributed by atoms with Crippen molar-refractivity contribution in [3.8, 4) is 0 Å². The van der Waals surface area contributed by atoms with Gasteiger partial charge in [-0.05, 0) is 51.5 Å². The van der Waals surface area contributed by atoms with Gasteiger partial charge in [0.15, 0.2) is 0 Å². The van der Waals surface area contributed by atoms with Crippen LogP contribution in [0, 0.1) is 0 Å². The number of likely N-dealkylation sites (N-methyl/N-ethyl adjacent to an activating group) is 1. The number of fused-ring (bicyclic) bond motifs is 2. The maximum Gasteiger partial charge on any atom is 0.328 e. The number of cyclic esters (lactones) is 1. The Hall–Kier alpha value is -4.97. The summed E-state index contributed by atoms with van der Waals surface area (Å²) in [6.45, 7) is 8.02. The summed E-state index contributed by atoms with van der Waals surface area (Å²) in [5.41, 5.74) is 3.11. The summed E-state index contributed by atoms with van der Waals surface area (Å²) < 4.78 is 5.66. The number of hydrogen-bond donors (Lipinski definition) is 3. The maximum absolute atomic E-state index is 14.5. The summed E-state index contributed by atoms with van der Waals surface area (Å²) >= 11 is 0. The quantitative estimate of drug-likeness (QED) is 0.209. The fraction of sp³-hybridized carbons (Fsp3) is 0.543. The van der Waals surface area contributed by atoms with Crippen LogP contribution < -0.4 is 16.0 Å². The minimum atomic E-state index is -1.44. The number of hydrogen-bond acceptors (Lipinski definition) is 8. The number of nitrogens with zero attached hydrogens (tertiary/aromatic N) is 3. The van der Waals surface area contributed by atoms with Crippen molar-refractivity contribution in [1.29, 1.82) is 0 Å². The van der Waals surface area contributed by atoms with Crippen molar-refractivity contribution >= 4 is 41.4 Å². The summed E-state index contributed by atoms with van der Waals surface area (Å²) in [4.78, 5) is 98.8. The molecule has 0 radical (unpaired) electrons. The summed E-state index contributed by atoms with van der Waals surface area (Å²) in [6.07, 6.45) is 3.28. The second kappa shape index (κ2) is 16.4. The van der Waals surface area contributed by atoms with E-state index in [9.17, 15) is 33.6 Å². The predicted octanol–water partition coefficient (Wildman–Crippen LogP) is 0.209. The van der Waals surface area contributed by atoms with Gasteiger partial charge in [0.2, 0.25) is 29.5 Å². The van der Waals surface area contributed by atoms with Crippen molar-refractivity contribution in [2.75, 3.05) is 20.2 Å². The zero-order chi connectivity index (χ0) is 35.8. The lowest BCUT2D eigenvalue weighted by molar-refractivity contribution is -0.158. The van der Waals surface area contributed by atoms with Gasteiger partial charge >= 0.3 is 5.97 Å². The smallest absolute Gasteiger partial charge is 0.328 e. The normalized spacial score (nSPS) is 27.3. The van der Waals surface area contributed by atoms with Crippen molar-refractivity contribution in [3.63, 3.8) is 0 Å². The molecule has 0 spiro atoms. The highest BCUT2D eigenvalue weighted by atomic mass is 16.5. The molecule has 49 heavy (non-hydrogen) atoms. The molecule has 3 fully saturated rings. The molecule has 264 valence electrons. The molecule has 0 bridgehead atoms. The first-order valence-corrected chi connectivity index (χ1v) is 16.7. The van der Waals surface area contributed by atoms with Crippen LogP contribution in [0.2, 0.25) is 0 Å². The van der Waals surface area contributed by atoms with Gasteiger partial charge in [0, 0.05) is 32.1 Å². The zero-order valence-electron chi connectivity index (χ0n) is 28.5. The summed E-state index contributed by atoms with van der Waals surface area (Å²) in [5.74, 6) is -4.28. The third-order valence-electron chi connectivity index (χ3n) is 9.51. The zero-order valence-corrected chi connectivity index (χ0v) is 28.5. The molecule has 6 amide bonds. The van der Waals surface area contributed by atoms with Crippen LogP contribution in [0.15, 0.2) is 48.7 Å². The van der Waals surface area contributed by atoms with Crippen LogP contribution in [0.1, 0.15) is 58.4 Å². The Morgan fingerprint density at radius 3 is 2.43 bits per heavy atom. The van der Waals surface area contributed by atoms with Gasteiger partial charge in [-0.1, -0.05) is 43.8 Å². The Balaban J connectivity index is 1.71. The highest BCUT2D eigenvalue weighted by molar-refractivity contribution is 5.98. The second-order valence-electron chi connectivity index (χ2n) is 12.7. The number of benzene rings is 1. The number of rotatable bonds is 7. The first kappa shape index (κ1) is 36.9. The summed E-state index contributed by atoms with van der Waals surface area (Å²) in [7, 11) is 1.47. The molecule has 3 aliphatic heterocycles. The van der Waals surface area contributed by atoms with Crippen LogP contribution in [0.25, 0.3) is 0 Å². The van der Waals surface area contributed by atoms with Crippen LogP contribution in [-0.4, -0.2) is 119 Å². The molecular formula is C35H46N6O8. The van der Waals surface area contributed by atoms with Gasteiger partial charge in [-0.25, -0.2) is 4.79 Å². The van der Waals surface area contributed by atoms with E-state index in [0.717, 1.165) is 11.6 Å². The van der Waals surface area contributed by atoms with E-state index >= 15 is 0 Å². The van der Waals surface area contributed by atoms with Gasteiger partial charge in [-0.15, -0.1) is 5.73 Å². The van der Waals surface area contributed by atoms with E-state index < -0.39 is 84.3 Å². The first-order chi connectivity index (χ1) is 23.4. The van der Waals surface area contributed by atoms with E-state index in [1.807, 2.05) is 13.0 Å². The van der Waals surface area contributed by atoms with Crippen molar-refractivity contribution < 1.29 is 38.3 Å². The molecule has 14 heteroatoms. The monoisotopic (exact) mass is 678 g/mol. The third kappa shape index (κ3) is 8.55. The van der Waals surface area contributed by atoms with Crippen LogP contribution in [0.3, 0.4) is 0 Å². The van der Waals surface area contributed by atoms with Crippen molar-refractivity contribution in [1.82, 2.24) is 30.7 Å². The SMILES string of the molecule is C=C=CC(=O)N[C@@H](Cc1ccccc1)C(=O)N[C@@H]1COC(=O)[C@@H]2CCCN2C(=O)[C@H](C)NC(=O)[C@@H](C)N(C)C(=O)[C@@H]2CC[C@@H](CC)N2C1=O. The molecule has 1 aromatic carbocycles. The Morgan fingerprint density at radius 2 is 1.76 bits per heavy atom. The highest BCUT2D eigenvalue weighted by Gasteiger charge is 2.46. The van der Waals surface area contributed by atoms with Gasteiger partial charge in [-0.2, -0.15) is 0 Å². The molecule has 3 N–H and O–H groups in total. The summed E-state index contributed by atoms with van der Waals surface area (Å²) in [5, 5.41) is 7.97. The largest absolute Gasteiger partial charge is 0.461 e. The van der Waals surface area contributed by atoms with E-state index in [1.54, 1.807) is 24.3 Å². The van der Waals surface area contributed by atoms with Crippen molar-refractivity contribution in [2.45, 2.75) is 102 Å². The molecule has 1 aromatic rings. The molecule has 7 atom stereocenters. The van der Waals surface area contributed by atoms with Crippen LogP contribution in [0.4, 0.5) is 0 Å². The fourth-order valence-corrected chi connectivity index (χ4v) is 6.64. The van der Waals surface area contributed by atoms with Gasteiger partial charge in [0.1, 0.15) is 42.9 Å². The standard InChI is InChI=1S/C35H46N6O8/c1-6-12-29(42)37-25(19-23-13-9-8-10-14-23)31(44)38-26-20-49-35(48)28-15-11-18-40(28)32(45)21(3)36-30(43)22(4)39(5)34(47)27-17-16-24(7-2)41(27)33(26)46/h8-10,12-14,21-22,24-28H,1,7,11,15-20H2,2-5H3,(H,36,43)(H,37,42)(H,38,44)/t21-,22+,24+,25-,26+,27-,28-/m0/s1. The minimum Gasteiger partial charge on any atom is -0.461 e. The third-order valence-corrected chi connectivity index (χ3v) is 9.51. The van der Waals surface area contributed by atoms with E-state index in [0.29, 0.717) is 32.1 Å². The molecule has 4 rings (SSSR count). The average molecular weight is 679 g/mol. The van der Waals surface area contributed by atoms with Gasteiger partial charge < -0.3 is 35.4 Å². The van der Waals surface area contributed by atoms with E-state index in [2.05, 4.69) is 28.3 Å². The number of carbonyl (C=O) groups excluding carboxylic acids is 7. The lowest BCUT2D eigenvalue weighted by Crippen LogP contribution is -2.61. The van der Waals surface area contributed by atoms with E-state index in [4.69, 9.17) is 4.74 Å². The van der Waals surface area contributed by atoms with Crippen LogP contribution >= 0.6 is 0 Å². The number of carbonyl (C=O) groups is 7. The van der Waals surface area contributed by atoms with Gasteiger partial charge in [0.25, 0.3) is 5.91 Å². The molecular weight excluding hydrogens is 632 g/mol. The van der Waals surface area contributed by atoms with Crippen LogP contribution in [-0.2, 0) is 44.7 Å². The molecule has 0 aromatic heterocycles. The summed E-state index contributed by atoms with van der Waals surface area (Å²) in [6, 6.07) is 2.15. The molecule has 0 aliphatic carbocycles. The Labute approximate surface area is 286 Å². The second-order valence-corrected chi connectivity index (χ2v) is 12.7. The first-order valence-electron chi connectivity index (χ1n) is 16.7. The lowest BCUT2D eigenvalue weighted by atomic mass is 10.0. The minimum absolute atomic E-state index is 0.0780. The molecule has 0 unspecified atom stereocenters. The average Bonchev–Trinajstić information content (AvgIpc) is 3.76. The van der Waals surface area contributed by atoms with Crippen molar-refractivity contribution in [3.05, 3.63) is 54.3 Å². The maximum atomic E-state index is 14.5. The van der Waals surface area contributed by atoms with Gasteiger partial charge in [-0.3, -0.25) is 28.8 Å². The topological polar surface area (TPSA) is 175 Å². The Kier molecular flexibility index (Phi) is 12.4. The number of ether oxygens (including phenoxy) is 1. The molecule has 0 saturated carbocycles. The number of esters is 1. The van der Waals surface area contributed by atoms with Crippen LogP contribution in [0.5, 0.6) is 0 Å². The number of amides is 6. The Bertz CT molecular complexity index is 1490. The molecule has 14 nitrogen and oxygen atoms in total. The molecule has 3 aliphatic rings. The lowest BCUT2D eigenvalue weighted by Gasteiger charge is -2.36. The number of nitrogens with one attached hydrogen (secondary N) is 3. The van der Waals surface area contributed by atoms with Gasteiger partial charge in [0.05, 0.1) is 0 Å². The van der Waals surface area contributed by atoms with E-state index in [1.165, 1.54) is 35.6 Å². The fourth-order valence-electron chi connectivity index (χ4n) is 6.64. The van der Waals surface area contributed by atoms with E-state index in [-0.39, 0.29) is 19.0 Å². The predicted molar refractivity (Wildman–Crippen MR) is 177 cm³/mol. The Morgan fingerprint density at radius 1 is 1.04 bits per heavy atom. The molecule has 3 heterocycles. The highest BCUT2D eigenvalue weighted by Crippen LogP contribution is 2.29.